The molecule has 0 spiro atoms. The van der Waals surface area contributed by atoms with E-state index in [1.54, 1.807) is 24.4 Å². The molecular weight excluding hydrogens is 231 g/mol. The van der Waals surface area contributed by atoms with Crippen LogP contribution < -0.4 is 10.1 Å². The highest BCUT2D eigenvalue weighted by molar-refractivity contribution is 5.32. The second-order valence-electron chi connectivity index (χ2n) is 4.07. The van der Waals surface area contributed by atoms with Crippen molar-refractivity contribution < 1.29 is 9.13 Å². The predicted octanol–water partition coefficient (Wildman–Crippen LogP) is 3.04. The van der Waals surface area contributed by atoms with Gasteiger partial charge >= 0.3 is 0 Å². The molecular formula is C14H15FN2O. The van der Waals surface area contributed by atoms with Gasteiger partial charge in [0.2, 0.25) is 5.88 Å². The minimum Gasteiger partial charge on any atom is -0.436 e. The third-order valence-electron chi connectivity index (χ3n) is 2.48. The van der Waals surface area contributed by atoms with Crippen LogP contribution in [-0.2, 0) is 6.54 Å². The van der Waals surface area contributed by atoms with Gasteiger partial charge in [-0.05, 0) is 37.2 Å². The topological polar surface area (TPSA) is 34.1 Å². The van der Waals surface area contributed by atoms with Crippen LogP contribution in [0.25, 0.3) is 0 Å². The molecule has 0 aliphatic carbocycles. The third kappa shape index (κ3) is 3.05. The molecule has 1 N–H and O–H groups in total. The molecule has 94 valence electrons. The number of aryl methyl sites for hydroxylation is 1. The maximum absolute atomic E-state index is 13.5. The number of hydrogen-bond donors (Lipinski definition) is 1. The van der Waals surface area contributed by atoms with Gasteiger partial charge in [-0.25, -0.2) is 9.37 Å². The first-order valence-corrected chi connectivity index (χ1v) is 5.72. The van der Waals surface area contributed by atoms with Crippen molar-refractivity contribution >= 4 is 0 Å². The zero-order chi connectivity index (χ0) is 13.0. The van der Waals surface area contributed by atoms with Crippen molar-refractivity contribution in [3.05, 3.63) is 53.5 Å². The molecule has 18 heavy (non-hydrogen) atoms. The van der Waals surface area contributed by atoms with Crippen LogP contribution in [0.4, 0.5) is 4.39 Å². The van der Waals surface area contributed by atoms with Crippen molar-refractivity contribution in [2.75, 3.05) is 7.05 Å². The van der Waals surface area contributed by atoms with Crippen molar-refractivity contribution in [3.8, 4) is 11.6 Å². The van der Waals surface area contributed by atoms with Gasteiger partial charge in [0.15, 0.2) is 11.6 Å². The van der Waals surface area contributed by atoms with Gasteiger partial charge in [0.1, 0.15) is 0 Å². The lowest BCUT2D eigenvalue weighted by Gasteiger charge is -2.07. The average molecular weight is 246 g/mol. The maximum Gasteiger partial charge on any atom is 0.219 e. The van der Waals surface area contributed by atoms with Gasteiger partial charge in [-0.2, -0.15) is 0 Å². The van der Waals surface area contributed by atoms with Gasteiger partial charge in [0.25, 0.3) is 0 Å². The number of nitrogens with one attached hydrogen (secondary N) is 1. The fourth-order valence-electron chi connectivity index (χ4n) is 1.58. The first kappa shape index (κ1) is 12.5. The van der Waals surface area contributed by atoms with Crippen molar-refractivity contribution in [2.24, 2.45) is 0 Å². The van der Waals surface area contributed by atoms with E-state index < -0.39 is 0 Å². The Balaban J connectivity index is 2.15. The van der Waals surface area contributed by atoms with E-state index in [0.29, 0.717) is 5.88 Å². The van der Waals surface area contributed by atoms with Crippen LogP contribution in [0.3, 0.4) is 0 Å². The lowest BCUT2D eigenvalue weighted by molar-refractivity contribution is 0.426. The smallest absolute Gasteiger partial charge is 0.219 e. The Labute approximate surface area is 106 Å². The quantitative estimate of drug-likeness (QED) is 0.900. The second-order valence-corrected chi connectivity index (χ2v) is 4.07. The summed E-state index contributed by atoms with van der Waals surface area (Å²) in [6, 6.07) is 8.37. The molecule has 1 aromatic heterocycles. The molecule has 2 aromatic rings. The van der Waals surface area contributed by atoms with Crippen LogP contribution in [0.15, 0.2) is 36.5 Å². The van der Waals surface area contributed by atoms with Gasteiger partial charge in [0, 0.05) is 18.8 Å². The number of nitrogens with zero attached hydrogens (tertiary/aromatic N) is 1. The molecule has 0 radical (unpaired) electrons. The second kappa shape index (κ2) is 5.60. The molecule has 1 aromatic carbocycles. The zero-order valence-corrected chi connectivity index (χ0v) is 10.4. The van der Waals surface area contributed by atoms with Crippen molar-refractivity contribution in [1.82, 2.24) is 10.3 Å². The molecule has 3 nitrogen and oxygen atoms in total. The van der Waals surface area contributed by atoms with Gasteiger partial charge < -0.3 is 10.1 Å². The number of ether oxygens (including phenoxy) is 1. The molecule has 0 fully saturated rings. The van der Waals surface area contributed by atoms with E-state index in [2.05, 4.69) is 10.3 Å². The highest BCUT2D eigenvalue weighted by atomic mass is 19.1. The normalized spacial score (nSPS) is 10.4. The van der Waals surface area contributed by atoms with E-state index in [1.165, 1.54) is 6.07 Å². The standard InChI is InChI=1S/C14H15FN2O/c1-10-3-5-12(15)13(7-10)18-14-6-4-11(8-16-2)9-17-14/h3-7,9,16H,8H2,1-2H3. The Bertz CT molecular complexity index is 526. The summed E-state index contributed by atoms with van der Waals surface area (Å²) in [6.07, 6.45) is 1.71. The Kier molecular flexibility index (Phi) is 3.89. The monoisotopic (exact) mass is 246 g/mol. The summed E-state index contributed by atoms with van der Waals surface area (Å²) < 4.78 is 18.9. The summed E-state index contributed by atoms with van der Waals surface area (Å²) >= 11 is 0. The van der Waals surface area contributed by atoms with Crippen molar-refractivity contribution in [1.29, 1.82) is 0 Å². The number of halogens is 1. The van der Waals surface area contributed by atoms with E-state index in [0.717, 1.165) is 17.7 Å². The third-order valence-corrected chi connectivity index (χ3v) is 2.48. The minimum atomic E-state index is -0.387. The summed E-state index contributed by atoms with van der Waals surface area (Å²) in [6.45, 7) is 2.63. The van der Waals surface area contributed by atoms with E-state index in [-0.39, 0.29) is 11.6 Å². The van der Waals surface area contributed by atoms with Crippen LogP contribution in [0.5, 0.6) is 11.6 Å². The largest absolute Gasteiger partial charge is 0.436 e. The van der Waals surface area contributed by atoms with Gasteiger partial charge in [-0.1, -0.05) is 12.1 Å². The summed E-state index contributed by atoms with van der Waals surface area (Å²) in [5.41, 5.74) is 1.99. The van der Waals surface area contributed by atoms with Gasteiger partial charge in [-0.3, -0.25) is 0 Å². The summed E-state index contributed by atoms with van der Waals surface area (Å²) in [7, 11) is 1.87. The number of hydrogen-bond acceptors (Lipinski definition) is 3. The molecule has 0 saturated heterocycles. The Hall–Kier alpha value is -1.94. The van der Waals surface area contributed by atoms with Crippen LogP contribution in [0.1, 0.15) is 11.1 Å². The molecule has 0 unspecified atom stereocenters. The lowest BCUT2D eigenvalue weighted by Crippen LogP contribution is -2.05. The van der Waals surface area contributed by atoms with E-state index in [4.69, 9.17) is 4.74 Å². The fourth-order valence-corrected chi connectivity index (χ4v) is 1.58. The Morgan fingerprint density at radius 1 is 1.28 bits per heavy atom. The maximum atomic E-state index is 13.5. The first-order chi connectivity index (χ1) is 8.69. The molecule has 1 heterocycles. The van der Waals surface area contributed by atoms with Crippen molar-refractivity contribution in [2.45, 2.75) is 13.5 Å². The molecule has 0 bridgehead atoms. The average Bonchev–Trinajstić information content (AvgIpc) is 2.37. The number of pyridine rings is 1. The SMILES string of the molecule is CNCc1ccc(Oc2cc(C)ccc2F)nc1. The first-order valence-electron chi connectivity index (χ1n) is 5.72. The molecule has 0 amide bonds. The highest BCUT2D eigenvalue weighted by Gasteiger charge is 2.05. The molecule has 0 saturated carbocycles. The number of aromatic nitrogens is 1. The molecule has 0 aliphatic rings. The fraction of sp³-hybridized carbons (Fsp3) is 0.214. The van der Waals surface area contributed by atoms with E-state index >= 15 is 0 Å². The van der Waals surface area contributed by atoms with Crippen LogP contribution in [-0.4, -0.2) is 12.0 Å². The van der Waals surface area contributed by atoms with E-state index in [1.807, 2.05) is 20.0 Å². The van der Waals surface area contributed by atoms with Crippen LogP contribution in [0, 0.1) is 12.7 Å². The zero-order valence-electron chi connectivity index (χ0n) is 10.4. The molecule has 2 rings (SSSR count). The summed E-state index contributed by atoms with van der Waals surface area (Å²) in [5, 5.41) is 3.03. The lowest BCUT2D eigenvalue weighted by atomic mass is 10.2. The molecule has 0 atom stereocenters. The van der Waals surface area contributed by atoms with Crippen LogP contribution >= 0.6 is 0 Å². The summed E-state index contributed by atoms with van der Waals surface area (Å²) in [5.74, 6) is 0.199. The minimum absolute atomic E-state index is 0.198. The predicted molar refractivity (Wildman–Crippen MR) is 68.2 cm³/mol. The Morgan fingerprint density at radius 3 is 2.78 bits per heavy atom. The van der Waals surface area contributed by atoms with Gasteiger partial charge in [0.05, 0.1) is 0 Å². The van der Waals surface area contributed by atoms with Crippen LogP contribution in [0.2, 0.25) is 0 Å². The van der Waals surface area contributed by atoms with Crippen molar-refractivity contribution in [3.63, 3.8) is 0 Å². The Morgan fingerprint density at radius 2 is 2.11 bits per heavy atom. The number of benzene rings is 1. The highest BCUT2D eigenvalue weighted by Crippen LogP contribution is 2.23. The molecule has 0 aliphatic heterocycles. The summed E-state index contributed by atoms with van der Waals surface area (Å²) in [4.78, 5) is 4.13. The molecule has 4 heteroatoms. The van der Waals surface area contributed by atoms with Gasteiger partial charge in [-0.15, -0.1) is 0 Å². The van der Waals surface area contributed by atoms with E-state index in [9.17, 15) is 4.39 Å². The number of rotatable bonds is 4.